The molecular weight excluding hydrogens is 450 g/mol. The number of imidazole rings is 1. The number of Topliss-reactive ketones (excluding diaryl/α,β-unsaturated/α-hetero) is 1. The van der Waals surface area contributed by atoms with Gasteiger partial charge in [0.2, 0.25) is 0 Å². The van der Waals surface area contributed by atoms with E-state index in [4.69, 9.17) is 0 Å². The van der Waals surface area contributed by atoms with Gasteiger partial charge in [-0.25, -0.2) is 4.98 Å². The zero-order valence-corrected chi connectivity index (χ0v) is 20.1. The molecule has 35 heavy (non-hydrogen) atoms. The maximum Gasteiger partial charge on any atom is 0.295 e. The summed E-state index contributed by atoms with van der Waals surface area (Å²) in [6, 6.07) is 8.53. The molecule has 3 aromatic rings. The molecule has 1 N–H and O–H groups in total. The lowest BCUT2D eigenvalue weighted by Gasteiger charge is -2.26. The predicted octanol–water partition coefficient (Wildman–Crippen LogP) is 3.23. The second kappa shape index (κ2) is 9.30. The van der Waals surface area contributed by atoms with Crippen molar-refractivity contribution in [3.63, 3.8) is 0 Å². The summed E-state index contributed by atoms with van der Waals surface area (Å²) in [7, 11) is 3.83. The maximum absolute atomic E-state index is 13.3. The lowest BCUT2D eigenvalue weighted by molar-refractivity contribution is -0.384. The number of non-ortho nitro benzene ring substituents is 1. The van der Waals surface area contributed by atoms with E-state index in [-0.39, 0.29) is 23.6 Å². The third-order valence-corrected chi connectivity index (χ3v) is 6.21. The number of hydrogen-bond acceptors (Lipinski definition) is 7. The molecule has 1 aromatic carbocycles. The van der Waals surface area contributed by atoms with E-state index in [1.807, 2.05) is 38.1 Å². The number of rotatable bonds is 7. The molecule has 4 rings (SSSR count). The molecule has 0 aliphatic carbocycles. The van der Waals surface area contributed by atoms with Gasteiger partial charge in [0.1, 0.15) is 11.3 Å². The number of fused-ring (bicyclic) bond motifs is 1. The van der Waals surface area contributed by atoms with E-state index >= 15 is 0 Å². The number of hydrogen-bond donors (Lipinski definition) is 1. The third-order valence-electron chi connectivity index (χ3n) is 6.21. The number of aliphatic hydroxyl groups is 1. The van der Waals surface area contributed by atoms with Crippen LogP contribution in [0.5, 0.6) is 0 Å². The van der Waals surface area contributed by atoms with Gasteiger partial charge in [-0.05, 0) is 70.2 Å². The van der Waals surface area contributed by atoms with Crippen LogP contribution in [-0.2, 0) is 9.59 Å². The highest BCUT2D eigenvalue weighted by molar-refractivity contribution is 6.46. The average molecular weight is 478 g/mol. The van der Waals surface area contributed by atoms with Crippen molar-refractivity contribution in [2.24, 2.45) is 0 Å². The second-order valence-electron chi connectivity index (χ2n) is 8.93. The van der Waals surface area contributed by atoms with Gasteiger partial charge in [-0.2, -0.15) is 0 Å². The number of likely N-dealkylation sites (tertiary alicyclic amines) is 1. The Bertz CT molecular complexity index is 1360. The molecule has 1 saturated heterocycles. The van der Waals surface area contributed by atoms with Crippen LogP contribution in [-0.4, -0.2) is 68.1 Å². The number of nitro benzene ring substituents is 1. The van der Waals surface area contributed by atoms with Crippen LogP contribution >= 0.6 is 0 Å². The van der Waals surface area contributed by atoms with Gasteiger partial charge in [0, 0.05) is 24.9 Å². The number of nitro groups is 1. The molecule has 1 fully saturated rings. The van der Waals surface area contributed by atoms with Gasteiger partial charge in [-0.1, -0.05) is 6.07 Å². The normalized spacial score (nSPS) is 17.6. The molecule has 0 saturated carbocycles. The van der Waals surface area contributed by atoms with Crippen LogP contribution in [0.3, 0.4) is 0 Å². The lowest BCUT2D eigenvalue weighted by Crippen LogP contribution is -2.32. The number of aliphatic hydroxyl groups excluding tert-OH is 1. The number of aromatic nitrogens is 2. The molecule has 1 amide bonds. The third kappa shape index (κ3) is 4.28. The molecule has 1 atom stereocenters. The molecule has 10 nitrogen and oxygen atoms in total. The minimum Gasteiger partial charge on any atom is -0.505 e. The first kappa shape index (κ1) is 24.1. The zero-order valence-electron chi connectivity index (χ0n) is 20.1. The summed E-state index contributed by atoms with van der Waals surface area (Å²) < 4.78 is 1.70. The van der Waals surface area contributed by atoms with E-state index in [0.29, 0.717) is 35.6 Å². The first-order valence-corrected chi connectivity index (χ1v) is 11.2. The second-order valence-corrected chi connectivity index (χ2v) is 8.93. The molecule has 3 heterocycles. The largest absolute Gasteiger partial charge is 0.505 e. The van der Waals surface area contributed by atoms with Crippen molar-refractivity contribution in [1.82, 2.24) is 19.2 Å². The Balaban J connectivity index is 1.89. The lowest BCUT2D eigenvalue weighted by atomic mass is 9.96. The van der Waals surface area contributed by atoms with Crippen molar-refractivity contribution in [2.45, 2.75) is 26.3 Å². The summed E-state index contributed by atoms with van der Waals surface area (Å²) in [5.74, 6) is -1.83. The smallest absolute Gasteiger partial charge is 0.295 e. The Morgan fingerprint density at radius 1 is 1.17 bits per heavy atom. The fraction of sp³-hybridized carbons (Fsp3) is 0.320. The average Bonchev–Trinajstić information content (AvgIpc) is 3.28. The maximum atomic E-state index is 13.3. The molecule has 0 spiro atoms. The fourth-order valence-corrected chi connectivity index (χ4v) is 4.52. The Labute approximate surface area is 202 Å². The van der Waals surface area contributed by atoms with Gasteiger partial charge in [-0.15, -0.1) is 0 Å². The van der Waals surface area contributed by atoms with Crippen LogP contribution in [0.2, 0.25) is 0 Å². The van der Waals surface area contributed by atoms with Crippen LogP contribution in [0.15, 0.2) is 48.2 Å². The molecule has 0 bridgehead atoms. The highest BCUT2D eigenvalue weighted by Gasteiger charge is 2.46. The van der Waals surface area contributed by atoms with Gasteiger partial charge in [-0.3, -0.25) is 24.1 Å². The summed E-state index contributed by atoms with van der Waals surface area (Å²) in [6.45, 7) is 4.61. The summed E-state index contributed by atoms with van der Waals surface area (Å²) >= 11 is 0. The summed E-state index contributed by atoms with van der Waals surface area (Å²) in [5, 5.41) is 22.6. The van der Waals surface area contributed by atoms with Crippen molar-refractivity contribution >= 4 is 28.8 Å². The highest BCUT2D eigenvalue weighted by atomic mass is 16.6. The number of carbonyl (C=O) groups is 2. The molecule has 182 valence electrons. The van der Waals surface area contributed by atoms with E-state index < -0.39 is 22.7 Å². The molecular formula is C25H27N5O5. The predicted molar refractivity (Wildman–Crippen MR) is 130 cm³/mol. The highest BCUT2D eigenvalue weighted by Crippen LogP contribution is 2.40. The Morgan fingerprint density at radius 2 is 1.86 bits per heavy atom. The van der Waals surface area contributed by atoms with Crippen molar-refractivity contribution in [1.29, 1.82) is 0 Å². The van der Waals surface area contributed by atoms with Crippen molar-refractivity contribution in [2.75, 3.05) is 27.2 Å². The topological polar surface area (TPSA) is 121 Å². The van der Waals surface area contributed by atoms with Crippen LogP contribution in [0.25, 0.3) is 11.4 Å². The first-order valence-electron chi connectivity index (χ1n) is 11.2. The molecule has 1 unspecified atom stereocenters. The van der Waals surface area contributed by atoms with E-state index in [9.17, 15) is 24.8 Å². The molecule has 2 aromatic heterocycles. The Hall–Kier alpha value is -4.05. The molecule has 1 aliphatic rings. The van der Waals surface area contributed by atoms with Gasteiger partial charge in [0.15, 0.2) is 5.76 Å². The minimum atomic E-state index is -0.882. The molecule has 1 aliphatic heterocycles. The summed E-state index contributed by atoms with van der Waals surface area (Å²) in [4.78, 5) is 45.0. The Morgan fingerprint density at radius 3 is 2.49 bits per heavy atom. The van der Waals surface area contributed by atoms with E-state index in [1.165, 1.54) is 29.2 Å². The fourth-order valence-electron chi connectivity index (χ4n) is 4.52. The van der Waals surface area contributed by atoms with Crippen LogP contribution in [0.4, 0.5) is 5.69 Å². The number of pyridine rings is 1. The first-order chi connectivity index (χ1) is 16.6. The SMILES string of the molecule is Cc1nc2c(C)cccn2c1/C(O)=C1/C(=O)C(=O)N(CCCN(C)C)C1c1ccc([N+](=O)[O-])cc1. The number of nitrogens with zero attached hydrogens (tertiary/aromatic N) is 5. The number of benzene rings is 1. The number of aryl methyl sites for hydroxylation is 2. The monoisotopic (exact) mass is 477 g/mol. The van der Waals surface area contributed by atoms with E-state index in [2.05, 4.69) is 4.98 Å². The van der Waals surface area contributed by atoms with Crippen LogP contribution < -0.4 is 0 Å². The molecule has 0 radical (unpaired) electrons. The number of carbonyl (C=O) groups excluding carboxylic acids is 2. The van der Waals surface area contributed by atoms with Crippen molar-refractivity contribution in [3.8, 4) is 0 Å². The summed E-state index contributed by atoms with van der Waals surface area (Å²) in [5.41, 5.74) is 2.72. The standard InChI is InChI=1S/C25H27N5O5/c1-15-7-5-13-28-20(16(2)26-24(15)28)22(31)19-21(17-8-10-18(11-9-17)30(34)35)29(25(33)23(19)32)14-6-12-27(3)4/h5,7-11,13,21,31H,6,12,14H2,1-4H3/b22-19-. The zero-order chi connectivity index (χ0) is 25.4. The van der Waals surface area contributed by atoms with Gasteiger partial charge in [0.05, 0.1) is 22.2 Å². The summed E-state index contributed by atoms with van der Waals surface area (Å²) in [6.07, 6.45) is 2.35. The van der Waals surface area contributed by atoms with Crippen molar-refractivity contribution in [3.05, 3.63) is 80.8 Å². The van der Waals surface area contributed by atoms with E-state index in [1.54, 1.807) is 17.5 Å². The quantitative estimate of drug-likeness (QED) is 0.182. The number of amides is 1. The number of ketones is 1. The van der Waals surface area contributed by atoms with E-state index in [0.717, 1.165) is 5.56 Å². The Kier molecular flexibility index (Phi) is 6.40. The van der Waals surface area contributed by atoms with Gasteiger partial charge >= 0.3 is 0 Å². The minimum absolute atomic E-state index is 0.0555. The van der Waals surface area contributed by atoms with Crippen LogP contribution in [0, 0.1) is 24.0 Å². The van der Waals surface area contributed by atoms with Gasteiger partial charge in [0.25, 0.3) is 17.4 Å². The van der Waals surface area contributed by atoms with Gasteiger partial charge < -0.3 is 14.9 Å². The van der Waals surface area contributed by atoms with Crippen molar-refractivity contribution < 1.29 is 19.6 Å². The molecule has 10 heteroatoms. The van der Waals surface area contributed by atoms with Crippen LogP contribution in [0.1, 0.15) is 35.0 Å².